The fraction of sp³-hybridized carbons (Fsp3) is 0.533. The number of ether oxygens (including phenoxy) is 1. The number of carbonyl (C=O) groups is 1. The molecule has 1 atom stereocenters. The van der Waals surface area contributed by atoms with Gasteiger partial charge in [0.2, 0.25) is 0 Å². The number of carboxylic acids is 1. The summed E-state index contributed by atoms with van der Waals surface area (Å²) in [6, 6.07) is 6.55. The highest BCUT2D eigenvalue weighted by molar-refractivity contribution is 5.87. The van der Waals surface area contributed by atoms with Gasteiger partial charge in [0.1, 0.15) is 5.75 Å². The second-order valence-corrected chi connectivity index (χ2v) is 4.69. The molecule has 0 radical (unpaired) electrons. The van der Waals surface area contributed by atoms with Crippen LogP contribution in [0.3, 0.4) is 0 Å². The highest BCUT2D eigenvalue weighted by Gasteiger charge is 2.02. The molecule has 0 aliphatic heterocycles. The molecule has 1 N–H and O–H groups in total. The van der Waals surface area contributed by atoms with Crippen molar-refractivity contribution in [2.45, 2.75) is 39.5 Å². The van der Waals surface area contributed by atoms with Crippen molar-refractivity contribution < 1.29 is 14.6 Å². The summed E-state index contributed by atoms with van der Waals surface area (Å²) in [4.78, 5) is 10.7. The van der Waals surface area contributed by atoms with E-state index < -0.39 is 5.97 Å². The molecule has 0 aromatic heterocycles. The van der Waals surface area contributed by atoms with Gasteiger partial charge in [0.25, 0.3) is 0 Å². The molecule has 1 aromatic rings. The molecule has 0 spiro atoms. The predicted molar refractivity (Wildman–Crippen MR) is 72.2 cm³/mol. The van der Waals surface area contributed by atoms with Crippen molar-refractivity contribution in [3.8, 4) is 5.75 Å². The summed E-state index contributed by atoms with van der Waals surface area (Å²) in [5.41, 5.74) is 0.291. The molecule has 100 valence electrons. The minimum atomic E-state index is -0.907. The standard InChI is InChI=1S/C15H22O3/c1-3-12(2)6-4-5-11-18-14-9-7-13(8-10-14)15(16)17/h7-10,12H,3-6,11H2,1-2H3,(H,16,17). The molecule has 0 bridgehead atoms. The van der Waals surface area contributed by atoms with Gasteiger partial charge in [-0.15, -0.1) is 0 Å². The second-order valence-electron chi connectivity index (χ2n) is 4.69. The second kappa shape index (κ2) is 7.75. The molecular weight excluding hydrogens is 228 g/mol. The Morgan fingerprint density at radius 2 is 1.94 bits per heavy atom. The Hall–Kier alpha value is -1.51. The lowest BCUT2D eigenvalue weighted by Crippen LogP contribution is -2.00. The third kappa shape index (κ3) is 5.21. The summed E-state index contributed by atoms with van der Waals surface area (Å²) in [7, 11) is 0. The third-order valence-electron chi connectivity index (χ3n) is 3.16. The van der Waals surface area contributed by atoms with Crippen LogP contribution in [0.1, 0.15) is 49.9 Å². The first-order valence-corrected chi connectivity index (χ1v) is 6.59. The Labute approximate surface area is 109 Å². The maximum Gasteiger partial charge on any atom is 0.335 e. The molecule has 0 amide bonds. The van der Waals surface area contributed by atoms with Crippen LogP contribution in [0.2, 0.25) is 0 Å². The van der Waals surface area contributed by atoms with Gasteiger partial charge in [-0.25, -0.2) is 4.79 Å². The lowest BCUT2D eigenvalue weighted by atomic mass is 10.0. The number of rotatable bonds is 8. The van der Waals surface area contributed by atoms with E-state index in [9.17, 15) is 4.79 Å². The van der Waals surface area contributed by atoms with Crippen LogP contribution in [0.5, 0.6) is 5.75 Å². The van der Waals surface area contributed by atoms with Gasteiger partial charge in [0, 0.05) is 0 Å². The van der Waals surface area contributed by atoms with Gasteiger partial charge in [-0.3, -0.25) is 0 Å². The van der Waals surface area contributed by atoms with Gasteiger partial charge in [0.15, 0.2) is 0 Å². The van der Waals surface area contributed by atoms with Crippen molar-refractivity contribution in [2.24, 2.45) is 5.92 Å². The number of hydrogen-bond donors (Lipinski definition) is 1. The van der Waals surface area contributed by atoms with E-state index in [1.54, 1.807) is 24.3 Å². The molecule has 1 rings (SSSR count). The van der Waals surface area contributed by atoms with Gasteiger partial charge in [-0.1, -0.05) is 26.7 Å². The van der Waals surface area contributed by atoms with E-state index in [1.165, 1.54) is 19.3 Å². The lowest BCUT2D eigenvalue weighted by Gasteiger charge is -2.09. The van der Waals surface area contributed by atoms with Crippen molar-refractivity contribution in [3.05, 3.63) is 29.8 Å². The van der Waals surface area contributed by atoms with Crippen molar-refractivity contribution in [1.82, 2.24) is 0 Å². The summed E-state index contributed by atoms with van der Waals surface area (Å²) < 4.78 is 5.56. The smallest absolute Gasteiger partial charge is 0.335 e. The van der Waals surface area contributed by atoms with Gasteiger partial charge < -0.3 is 9.84 Å². The van der Waals surface area contributed by atoms with E-state index in [4.69, 9.17) is 9.84 Å². The van der Waals surface area contributed by atoms with E-state index >= 15 is 0 Å². The zero-order valence-electron chi connectivity index (χ0n) is 11.2. The Bertz CT molecular complexity index is 357. The number of benzene rings is 1. The summed E-state index contributed by atoms with van der Waals surface area (Å²) in [6.45, 7) is 5.18. The maximum absolute atomic E-state index is 10.7. The normalized spacial score (nSPS) is 12.1. The monoisotopic (exact) mass is 250 g/mol. The largest absolute Gasteiger partial charge is 0.494 e. The molecule has 1 unspecified atom stereocenters. The number of carboxylic acid groups (broad SMARTS) is 1. The summed E-state index contributed by atoms with van der Waals surface area (Å²) in [6.07, 6.45) is 4.71. The van der Waals surface area contributed by atoms with E-state index in [2.05, 4.69) is 13.8 Å². The zero-order valence-corrected chi connectivity index (χ0v) is 11.2. The molecule has 0 saturated heterocycles. The fourth-order valence-electron chi connectivity index (χ4n) is 1.68. The molecule has 0 saturated carbocycles. The average molecular weight is 250 g/mol. The Morgan fingerprint density at radius 3 is 2.50 bits per heavy atom. The lowest BCUT2D eigenvalue weighted by molar-refractivity contribution is 0.0697. The molecule has 0 aliphatic rings. The molecule has 0 aliphatic carbocycles. The first-order valence-electron chi connectivity index (χ1n) is 6.59. The van der Waals surface area contributed by atoms with Crippen molar-refractivity contribution >= 4 is 5.97 Å². The van der Waals surface area contributed by atoms with E-state index in [-0.39, 0.29) is 0 Å². The molecule has 1 aromatic carbocycles. The summed E-state index contributed by atoms with van der Waals surface area (Å²) >= 11 is 0. The van der Waals surface area contributed by atoms with Crippen LogP contribution in [0, 0.1) is 5.92 Å². The molecule has 18 heavy (non-hydrogen) atoms. The molecule has 3 nitrogen and oxygen atoms in total. The zero-order chi connectivity index (χ0) is 13.4. The van der Waals surface area contributed by atoms with Crippen molar-refractivity contribution in [3.63, 3.8) is 0 Å². The van der Waals surface area contributed by atoms with Crippen molar-refractivity contribution in [2.75, 3.05) is 6.61 Å². The first kappa shape index (κ1) is 14.6. The highest BCUT2D eigenvalue weighted by atomic mass is 16.5. The van der Waals surface area contributed by atoms with Gasteiger partial charge in [-0.05, 0) is 43.0 Å². The van der Waals surface area contributed by atoms with Crippen LogP contribution in [0.25, 0.3) is 0 Å². The number of aromatic carboxylic acids is 1. The molecular formula is C15H22O3. The molecule has 0 heterocycles. The SMILES string of the molecule is CCC(C)CCCCOc1ccc(C(=O)O)cc1. The Kier molecular flexibility index (Phi) is 6.26. The average Bonchev–Trinajstić information content (AvgIpc) is 2.38. The van der Waals surface area contributed by atoms with E-state index in [1.807, 2.05) is 0 Å². The van der Waals surface area contributed by atoms with Crippen LogP contribution >= 0.6 is 0 Å². The van der Waals surface area contributed by atoms with Gasteiger partial charge in [-0.2, -0.15) is 0 Å². The maximum atomic E-state index is 10.7. The van der Waals surface area contributed by atoms with Crippen LogP contribution in [-0.4, -0.2) is 17.7 Å². The van der Waals surface area contributed by atoms with Crippen LogP contribution in [0.4, 0.5) is 0 Å². The summed E-state index contributed by atoms with van der Waals surface area (Å²) in [5.74, 6) is 0.624. The Balaban J connectivity index is 2.21. The molecule has 3 heteroatoms. The quantitative estimate of drug-likeness (QED) is 0.710. The third-order valence-corrected chi connectivity index (χ3v) is 3.16. The topological polar surface area (TPSA) is 46.5 Å². The highest BCUT2D eigenvalue weighted by Crippen LogP contribution is 2.14. The van der Waals surface area contributed by atoms with Crippen LogP contribution in [0.15, 0.2) is 24.3 Å². The number of hydrogen-bond acceptors (Lipinski definition) is 2. The van der Waals surface area contributed by atoms with Gasteiger partial charge in [0.05, 0.1) is 12.2 Å². The van der Waals surface area contributed by atoms with Crippen LogP contribution < -0.4 is 4.74 Å². The van der Waals surface area contributed by atoms with Gasteiger partial charge >= 0.3 is 5.97 Å². The minimum absolute atomic E-state index is 0.291. The van der Waals surface area contributed by atoms with E-state index in [0.717, 1.165) is 18.1 Å². The van der Waals surface area contributed by atoms with Crippen LogP contribution in [-0.2, 0) is 0 Å². The van der Waals surface area contributed by atoms with E-state index in [0.29, 0.717) is 12.2 Å². The molecule has 0 fully saturated rings. The summed E-state index contributed by atoms with van der Waals surface area (Å²) in [5, 5.41) is 8.76. The number of unbranched alkanes of at least 4 members (excludes halogenated alkanes) is 1. The Morgan fingerprint density at radius 1 is 1.28 bits per heavy atom. The minimum Gasteiger partial charge on any atom is -0.494 e. The first-order chi connectivity index (χ1) is 8.63. The fourth-order valence-corrected chi connectivity index (χ4v) is 1.68. The predicted octanol–water partition coefficient (Wildman–Crippen LogP) is 3.98. The van der Waals surface area contributed by atoms with Crippen molar-refractivity contribution in [1.29, 1.82) is 0 Å².